The Morgan fingerprint density at radius 3 is 2.30 bits per heavy atom. The summed E-state index contributed by atoms with van der Waals surface area (Å²) in [6.45, 7) is 1.48. The number of nitrogens with two attached hydrogens (primary N) is 1. The summed E-state index contributed by atoms with van der Waals surface area (Å²) in [5, 5.41) is 0.0354. The molecule has 20 heavy (non-hydrogen) atoms. The van der Waals surface area contributed by atoms with Crippen LogP contribution >= 0.6 is 11.6 Å². The molecule has 3 N–H and O–H groups in total. The topological polar surface area (TPSA) is 38.0 Å². The van der Waals surface area contributed by atoms with Crippen LogP contribution in [0.2, 0.25) is 5.02 Å². The van der Waals surface area contributed by atoms with Crippen molar-refractivity contribution in [2.45, 2.75) is 13.0 Å². The van der Waals surface area contributed by atoms with Crippen molar-refractivity contribution < 1.29 is 13.2 Å². The minimum atomic E-state index is -1.22. The lowest BCUT2D eigenvalue weighted by Gasteiger charge is -2.20. The zero-order valence-electron chi connectivity index (χ0n) is 10.6. The summed E-state index contributed by atoms with van der Waals surface area (Å²) in [6.07, 6.45) is 0. The van der Waals surface area contributed by atoms with Gasteiger partial charge in [0.2, 0.25) is 0 Å². The normalized spacial score (nSPS) is 12.5. The third-order valence-electron chi connectivity index (χ3n) is 3.06. The minimum Gasteiger partial charge on any atom is -0.271 e. The molecule has 2 rings (SSSR count). The molecule has 0 saturated carbocycles. The predicted molar refractivity (Wildman–Crippen MR) is 71.7 cm³/mol. The Balaban J connectivity index is 2.68. The Morgan fingerprint density at radius 1 is 1.05 bits per heavy atom. The Morgan fingerprint density at radius 2 is 1.70 bits per heavy atom. The highest BCUT2D eigenvalue weighted by Crippen LogP contribution is 2.33. The number of hydrogen-bond donors (Lipinski definition) is 2. The molecule has 106 valence electrons. The lowest BCUT2D eigenvalue weighted by Crippen LogP contribution is -2.31. The van der Waals surface area contributed by atoms with Crippen LogP contribution in [0.5, 0.6) is 0 Å². The fraction of sp³-hybridized carbons (Fsp3) is 0.143. The number of halogens is 4. The molecule has 0 fully saturated rings. The summed E-state index contributed by atoms with van der Waals surface area (Å²) in [4.78, 5) is 0. The summed E-state index contributed by atoms with van der Waals surface area (Å²) >= 11 is 5.92. The van der Waals surface area contributed by atoms with Crippen molar-refractivity contribution >= 4 is 11.6 Å². The molecule has 0 saturated heterocycles. The van der Waals surface area contributed by atoms with Crippen molar-refractivity contribution in [2.24, 2.45) is 5.84 Å². The van der Waals surface area contributed by atoms with Gasteiger partial charge < -0.3 is 0 Å². The molecule has 0 amide bonds. The summed E-state index contributed by atoms with van der Waals surface area (Å²) in [5.74, 6) is 3.05. The van der Waals surface area contributed by atoms with Gasteiger partial charge in [0, 0.05) is 16.1 Å². The number of aryl methyl sites for hydroxylation is 1. The fourth-order valence-corrected chi connectivity index (χ4v) is 2.31. The second kappa shape index (κ2) is 5.83. The SMILES string of the molecule is Cc1ccc(F)c(C(NN)c2c(F)cccc2Cl)c1F. The van der Waals surface area contributed by atoms with Crippen molar-refractivity contribution in [3.8, 4) is 0 Å². The second-order valence-corrected chi connectivity index (χ2v) is 4.73. The highest BCUT2D eigenvalue weighted by atomic mass is 35.5. The predicted octanol–water partition coefficient (Wildman–Crippen LogP) is 3.62. The zero-order valence-corrected chi connectivity index (χ0v) is 11.3. The molecule has 6 heteroatoms. The zero-order chi connectivity index (χ0) is 14.9. The van der Waals surface area contributed by atoms with Gasteiger partial charge in [-0.1, -0.05) is 23.7 Å². The number of hydrogen-bond acceptors (Lipinski definition) is 2. The Labute approximate surface area is 119 Å². The van der Waals surface area contributed by atoms with E-state index in [2.05, 4.69) is 5.43 Å². The lowest BCUT2D eigenvalue weighted by atomic mass is 9.96. The van der Waals surface area contributed by atoms with Gasteiger partial charge in [-0.05, 0) is 30.7 Å². The molecule has 2 nitrogen and oxygen atoms in total. The molecule has 0 radical (unpaired) electrons. The van der Waals surface area contributed by atoms with Gasteiger partial charge in [-0.2, -0.15) is 0 Å². The smallest absolute Gasteiger partial charge is 0.134 e. The quantitative estimate of drug-likeness (QED) is 0.671. The van der Waals surface area contributed by atoms with Crippen LogP contribution in [0.3, 0.4) is 0 Å². The maximum Gasteiger partial charge on any atom is 0.134 e. The van der Waals surface area contributed by atoms with Gasteiger partial charge in [0.25, 0.3) is 0 Å². The molecule has 1 unspecified atom stereocenters. The first-order chi connectivity index (χ1) is 9.47. The first-order valence-corrected chi connectivity index (χ1v) is 6.19. The van der Waals surface area contributed by atoms with Gasteiger partial charge in [0.15, 0.2) is 0 Å². The van der Waals surface area contributed by atoms with Gasteiger partial charge in [-0.3, -0.25) is 5.84 Å². The standard InChI is InChI=1S/C14H12ClF3N2/c1-7-5-6-10(17)12(13(7)18)14(20-19)11-8(15)3-2-4-9(11)16/h2-6,14,20H,19H2,1H3. The van der Waals surface area contributed by atoms with E-state index in [-0.39, 0.29) is 21.7 Å². The molecular weight excluding hydrogens is 289 g/mol. The molecule has 0 spiro atoms. The van der Waals surface area contributed by atoms with Gasteiger partial charge in [0.05, 0.1) is 6.04 Å². The molecule has 0 aliphatic rings. The highest BCUT2D eigenvalue weighted by Gasteiger charge is 2.26. The Bertz CT molecular complexity index is 626. The maximum atomic E-state index is 14.1. The summed E-state index contributed by atoms with van der Waals surface area (Å²) in [6, 6.07) is 5.16. The molecule has 0 aliphatic carbocycles. The van der Waals surface area contributed by atoms with E-state index < -0.39 is 23.5 Å². The molecule has 0 aliphatic heterocycles. The number of nitrogens with one attached hydrogen (secondary N) is 1. The van der Waals surface area contributed by atoms with E-state index in [1.54, 1.807) is 0 Å². The monoisotopic (exact) mass is 300 g/mol. The van der Waals surface area contributed by atoms with Gasteiger partial charge in [-0.25, -0.2) is 18.6 Å². The van der Waals surface area contributed by atoms with Gasteiger partial charge >= 0.3 is 0 Å². The summed E-state index contributed by atoms with van der Waals surface area (Å²) in [5.41, 5.74) is 1.99. The van der Waals surface area contributed by atoms with Crippen molar-refractivity contribution in [3.05, 3.63) is 69.5 Å². The molecule has 0 bridgehead atoms. The molecule has 0 aromatic heterocycles. The third kappa shape index (κ3) is 2.52. The molecule has 0 heterocycles. The van der Waals surface area contributed by atoms with Crippen molar-refractivity contribution in [1.29, 1.82) is 0 Å². The fourth-order valence-electron chi connectivity index (χ4n) is 2.04. The number of rotatable bonds is 3. The van der Waals surface area contributed by atoms with Crippen molar-refractivity contribution in [2.75, 3.05) is 0 Å². The van der Waals surface area contributed by atoms with Crippen LogP contribution in [0.25, 0.3) is 0 Å². The minimum absolute atomic E-state index is 0.0354. The summed E-state index contributed by atoms with van der Waals surface area (Å²) in [7, 11) is 0. The molecule has 2 aromatic rings. The number of hydrazine groups is 1. The van der Waals surface area contributed by atoms with Crippen LogP contribution in [0.4, 0.5) is 13.2 Å². The average Bonchev–Trinajstić information content (AvgIpc) is 2.41. The Kier molecular flexibility index (Phi) is 4.32. The van der Waals surface area contributed by atoms with Crippen molar-refractivity contribution in [3.63, 3.8) is 0 Å². The van der Waals surface area contributed by atoms with E-state index in [0.717, 1.165) is 12.1 Å². The highest BCUT2D eigenvalue weighted by molar-refractivity contribution is 6.31. The third-order valence-corrected chi connectivity index (χ3v) is 3.39. The molecule has 1 atom stereocenters. The van der Waals surface area contributed by atoms with E-state index in [4.69, 9.17) is 17.4 Å². The van der Waals surface area contributed by atoms with E-state index in [9.17, 15) is 13.2 Å². The largest absolute Gasteiger partial charge is 0.271 e. The van der Waals surface area contributed by atoms with E-state index in [0.29, 0.717) is 0 Å². The van der Waals surface area contributed by atoms with Crippen LogP contribution in [-0.4, -0.2) is 0 Å². The van der Waals surface area contributed by atoms with Gasteiger partial charge in [0.1, 0.15) is 17.5 Å². The number of benzene rings is 2. The van der Waals surface area contributed by atoms with Crippen LogP contribution in [-0.2, 0) is 0 Å². The van der Waals surface area contributed by atoms with Crippen LogP contribution in [0.1, 0.15) is 22.7 Å². The van der Waals surface area contributed by atoms with Gasteiger partial charge in [-0.15, -0.1) is 0 Å². The first-order valence-electron chi connectivity index (χ1n) is 5.82. The van der Waals surface area contributed by atoms with Crippen LogP contribution < -0.4 is 11.3 Å². The van der Waals surface area contributed by atoms with Crippen LogP contribution in [0, 0.1) is 24.4 Å². The van der Waals surface area contributed by atoms with Crippen LogP contribution in [0.15, 0.2) is 30.3 Å². The lowest BCUT2D eigenvalue weighted by molar-refractivity contribution is 0.492. The summed E-state index contributed by atoms with van der Waals surface area (Å²) < 4.78 is 42.0. The Hall–Kier alpha value is -1.56. The molecule has 2 aromatic carbocycles. The van der Waals surface area contributed by atoms with Crippen molar-refractivity contribution in [1.82, 2.24) is 5.43 Å². The molecular formula is C14H12ClF3N2. The van der Waals surface area contributed by atoms with E-state index >= 15 is 0 Å². The van der Waals surface area contributed by atoms with E-state index in [1.165, 1.54) is 25.1 Å². The average molecular weight is 301 g/mol. The van der Waals surface area contributed by atoms with E-state index in [1.807, 2.05) is 0 Å². The second-order valence-electron chi connectivity index (χ2n) is 4.33. The first kappa shape index (κ1) is 14.8. The maximum absolute atomic E-state index is 14.1.